The van der Waals surface area contributed by atoms with Gasteiger partial charge < -0.3 is 10.7 Å². The lowest BCUT2D eigenvalue weighted by atomic mass is 9.98. The molecule has 0 bridgehead atoms. The lowest BCUT2D eigenvalue weighted by Gasteiger charge is -2.11. The Hall–Kier alpha value is -2.30. The molecule has 0 fully saturated rings. The number of nitrogens with one attached hydrogen (secondary N) is 2. The Morgan fingerprint density at radius 3 is 2.44 bits per heavy atom. The summed E-state index contributed by atoms with van der Waals surface area (Å²) in [6.07, 6.45) is 0.736. The second-order valence-electron chi connectivity index (χ2n) is 4.39. The largest absolute Gasteiger partial charge is 0.399 e. The first-order chi connectivity index (χ1) is 8.54. The summed E-state index contributed by atoms with van der Waals surface area (Å²) in [5, 5.41) is 0. The summed E-state index contributed by atoms with van der Waals surface area (Å²) in [4.78, 5) is 27.2. The zero-order chi connectivity index (χ0) is 13.1. The molecule has 5 nitrogen and oxygen atoms in total. The molecule has 0 aliphatic heterocycles. The number of aromatic amines is 2. The lowest BCUT2D eigenvalue weighted by Crippen LogP contribution is -2.24. The molecule has 1 heterocycles. The molecule has 5 heteroatoms. The van der Waals surface area contributed by atoms with Crippen molar-refractivity contribution in [1.29, 1.82) is 0 Å². The molecule has 0 aliphatic rings. The van der Waals surface area contributed by atoms with Gasteiger partial charge in [0.15, 0.2) is 0 Å². The monoisotopic (exact) mass is 245 g/mol. The Kier molecular flexibility index (Phi) is 3.32. The first-order valence-corrected chi connectivity index (χ1v) is 5.72. The van der Waals surface area contributed by atoms with Crippen LogP contribution in [-0.4, -0.2) is 9.97 Å². The molecule has 0 aliphatic carbocycles. The highest BCUT2D eigenvalue weighted by atomic mass is 16.2. The van der Waals surface area contributed by atoms with Crippen LogP contribution >= 0.6 is 0 Å². The van der Waals surface area contributed by atoms with Crippen molar-refractivity contribution in [3.05, 3.63) is 62.4 Å². The van der Waals surface area contributed by atoms with Crippen molar-refractivity contribution in [2.45, 2.75) is 19.3 Å². The molecule has 1 aromatic carbocycles. The molecule has 4 N–H and O–H groups in total. The fourth-order valence-corrected chi connectivity index (χ4v) is 1.87. The summed E-state index contributed by atoms with van der Waals surface area (Å²) in [5.41, 5.74) is 7.23. The maximum atomic E-state index is 11.2. The van der Waals surface area contributed by atoms with Crippen molar-refractivity contribution in [1.82, 2.24) is 9.97 Å². The standard InChI is InChI=1S/C13H15N3O2/c1-8(6-9-2-4-10(14)5-3-9)11-7-12(17)16-13(18)15-11/h2-5,7-8H,6,14H2,1H3,(H2,15,16,17,18). The number of nitrogens with two attached hydrogens (primary N) is 1. The molecular weight excluding hydrogens is 230 g/mol. The number of anilines is 1. The topological polar surface area (TPSA) is 91.7 Å². The van der Waals surface area contributed by atoms with E-state index < -0.39 is 5.69 Å². The summed E-state index contributed by atoms with van der Waals surface area (Å²) in [6, 6.07) is 8.97. The molecule has 94 valence electrons. The van der Waals surface area contributed by atoms with Crippen LogP contribution in [0.3, 0.4) is 0 Å². The minimum absolute atomic E-state index is 0.0589. The predicted octanol–water partition coefficient (Wildman–Crippen LogP) is 0.992. The number of aromatic nitrogens is 2. The normalized spacial score (nSPS) is 12.3. The Bertz CT molecular complexity index is 612. The average molecular weight is 245 g/mol. The van der Waals surface area contributed by atoms with E-state index in [1.54, 1.807) is 0 Å². The van der Waals surface area contributed by atoms with Crippen LogP contribution in [-0.2, 0) is 6.42 Å². The van der Waals surface area contributed by atoms with E-state index in [9.17, 15) is 9.59 Å². The summed E-state index contributed by atoms with van der Waals surface area (Å²) in [5.74, 6) is 0.0589. The van der Waals surface area contributed by atoms with Crippen LogP contribution < -0.4 is 17.0 Å². The number of hydrogen-bond donors (Lipinski definition) is 3. The summed E-state index contributed by atoms with van der Waals surface area (Å²) >= 11 is 0. The van der Waals surface area contributed by atoms with Gasteiger partial charge in [-0.2, -0.15) is 0 Å². The summed E-state index contributed by atoms with van der Waals surface area (Å²) in [6.45, 7) is 1.96. The zero-order valence-corrected chi connectivity index (χ0v) is 10.1. The number of H-pyrrole nitrogens is 2. The fourth-order valence-electron chi connectivity index (χ4n) is 1.87. The highest BCUT2D eigenvalue weighted by Gasteiger charge is 2.08. The van der Waals surface area contributed by atoms with Crippen LogP contribution in [0.1, 0.15) is 24.1 Å². The molecule has 2 rings (SSSR count). The van der Waals surface area contributed by atoms with E-state index in [0.717, 1.165) is 17.7 Å². The van der Waals surface area contributed by atoms with E-state index in [0.29, 0.717) is 5.69 Å². The van der Waals surface area contributed by atoms with Crippen molar-refractivity contribution in [2.24, 2.45) is 0 Å². The van der Waals surface area contributed by atoms with Crippen molar-refractivity contribution in [2.75, 3.05) is 5.73 Å². The smallest absolute Gasteiger partial charge is 0.325 e. The second-order valence-corrected chi connectivity index (χ2v) is 4.39. The molecule has 1 unspecified atom stereocenters. The van der Waals surface area contributed by atoms with E-state index in [-0.39, 0.29) is 11.5 Å². The average Bonchev–Trinajstić information content (AvgIpc) is 2.31. The SMILES string of the molecule is CC(Cc1ccc(N)cc1)c1cc(=O)[nH]c(=O)[nH]1. The van der Waals surface area contributed by atoms with E-state index in [4.69, 9.17) is 5.73 Å². The van der Waals surface area contributed by atoms with Gasteiger partial charge in [-0.15, -0.1) is 0 Å². The van der Waals surface area contributed by atoms with Gasteiger partial charge in [0, 0.05) is 23.4 Å². The van der Waals surface area contributed by atoms with Gasteiger partial charge in [-0.05, 0) is 24.1 Å². The Morgan fingerprint density at radius 2 is 1.83 bits per heavy atom. The molecule has 1 aromatic heterocycles. The molecule has 1 atom stereocenters. The predicted molar refractivity (Wildman–Crippen MR) is 70.7 cm³/mol. The highest BCUT2D eigenvalue weighted by molar-refractivity contribution is 5.39. The molecule has 0 saturated carbocycles. The van der Waals surface area contributed by atoms with Gasteiger partial charge >= 0.3 is 5.69 Å². The molecule has 0 amide bonds. The van der Waals surface area contributed by atoms with Crippen LogP contribution in [0.2, 0.25) is 0 Å². The zero-order valence-electron chi connectivity index (χ0n) is 10.1. The third-order valence-corrected chi connectivity index (χ3v) is 2.83. The van der Waals surface area contributed by atoms with E-state index in [2.05, 4.69) is 9.97 Å². The van der Waals surface area contributed by atoms with Crippen LogP contribution in [0.5, 0.6) is 0 Å². The Labute approximate surface area is 104 Å². The van der Waals surface area contributed by atoms with Crippen molar-refractivity contribution in [3.8, 4) is 0 Å². The first kappa shape index (κ1) is 12.2. The maximum Gasteiger partial charge on any atom is 0.325 e. The first-order valence-electron chi connectivity index (χ1n) is 5.72. The van der Waals surface area contributed by atoms with Crippen molar-refractivity contribution in [3.63, 3.8) is 0 Å². The van der Waals surface area contributed by atoms with Crippen LogP contribution in [0, 0.1) is 0 Å². The number of benzene rings is 1. The molecule has 2 aromatic rings. The van der Waals surface area contributed by atoms with E-state index >= 15 is 0 Å². The van der Waals surface area contributed by atoms with Crippen LogP contribution in [0.4, 0.5) is 5.69 Å². The van der Waals surface area contributed by atoms with Gasteiger partial charge in [0.25, 0.3) is 5.56 Å². The highest BCUT2D eigenvalue weighted by Crippen LogP contribution is 2.17. The Morgan fingerprint density at radius 1 is 1.17 bits per heavy atom. The fraction of sp³-hybridized carbons (Fsp3) is 0.231. The Balaban J connectivity index is 2.21. The maximum absolute atomic E-state index is 11.2. The lowest BCUT2D eigenvalue weighted by molar-refractivity contribution is 0.717. The van der Waals surface area contributed by atoms with Gasteiger partial charge in [-0.1, -0.05) is 19.1 Å². The molecular formula is C13H15N3O2. The van der Waals surface area contributed by atoms with Crippen molar-refractivity contribution < 1.29 is 0 Å². The molecule has 0 saturated heterocycles. The molecule has 18 heavy (non-hydrogen) atoms. The second kappa shape index (κ2) is 4.91. The van der Waals surface area contributed by atoms with Gasteiger partial charge in [0.1, 0.15) is 0 Å². The summed E-state index contributed by atoms with van der Waals surface area (Å²) in [7, 11) is 0. The number of hydrogen-bond acceptors (Lipinski definition) is 3. The third kappa shape index (κ3) is 2.88. The van der Waals surface area contributed by atoms with Crippen LogP contribution in [0.25, 0.3) is 0 Å². The van der Waals surface area contributed by atoms with E-state index in [1.807, 2.05) is 31.2 Å². The minimum atomic E-state index is -0.471. The minimum Gasteiger partial charge on any atom is -0.399 e. The van der Waals surface area contributed by atoms with Gasteiger partial charge in [0.05, 0.1) is 0 Å². The molecule has 0 radical (unpaired) electrons. The number of rotatable bonds is 3. The van der Waals surface area contributed by atoms with E-state index in [1.165, 1.54) is 6.07 Å². The number of nitrogen functional groups attached to an aromatic ring is 1. The van der Waals surface area contributed by atoms with Gasteiger partial charge in [0.2, 0.25) is 0 Å². The quantitative estimate of drug-likeness (QED) is 0.704. The van der Waals surface area contributed by atoms with Gasteiger partial charge in [-0.25, -0.2) is 4.79 Å². The third-order valence-electron chi connectivity index (χ3n) is 2.83. The van der Waals surface area contributed by atoms with Crippen molar-refractivity contribution >= 4 is 5.69 Å². The summed E-state index contributed by atoms with van der Waals surface area (Å²) < 4.78 is 0. The van der Waals surface area contributed by atoms with Gasteiger partial charge in [-0.3, -0.25) is 9.78 Å². The molecule has 0 spiro atoms. The van der Waals surface area contributed by atoms with Crippen LogP contribution in [0.15, 0.2) is 39.9 Å².